The van der Waals surface area contributed by atoms with Crippen molar-refractivity contribution in [1.82, 2.24) is 9.13 Å². The van der Waals surface area contributed by atoms with Gasteiger partial charge in [0.05, 0.1) is 28.9 Å². The fraction of sp³-hybridized carbons (Fsp3) is 0. The van der Waals surface area contributed by atoms with Crippen LogP contribution in [-0.2, 0) is 0 Å². The Morgan fingerprint density at radius 1 is 0.436 bits per heavy atom. The highest BCUT2D eigenvalue weighted by Crippen LogP contribution is 2.42. The molecule has 0 aliphatic heterocycles. The zero-order valence-electron chi connectivity index (χ0n) is 33.4. The molecule has 0 fully saturated rings. The molecular formula is C48H26F4N2O. The lowest BCUT2D eigenvalue weighted by Gasteiger charge is -2.10. The normalized spacial score (nSPS) is 13.3. The van der Waals surface area contributed by atoms with Gasteiger partial charge in [-0.05, 0) is 89.0 Å². The molecule has 0 atom stereocenters. The van der Waals surface area contributed by atoms with Gasteiger partial charge in [0, 0.05) is 43.7 Å². The van der Waals surface area contributed by atoms with Crippen LogP contribution in [0.2, 0.25) is 0 Å². The van der Waals surface area contributed by atoms with Crippen LogP contribution in [0.4, 0.5) is 17.6 Å². The molecule has 11 rings (SSSR count). The Balaban J connectivity index is 1.11. The number of hydrogen-bond acceptors (Lipinski definition) is 1. The summed E-state index contributed by atoms with van der Waals surface area (Å²) in [5.74, 6) is -6.70. The molecule has 8 aromatic carbocycles. The Hall–Kier alpha value is -7.12. The summed E-state index contributed by atoms with van der Waals surface area (Å²) in [5.41, 5.74) is 5.92. The summed E-state index contributed by atoms with van der Waals surface area (Å²) in [5, 5.41) is 2.97. The van der Waals surface area contributed by atoms with Crippen LogP contribution in [0.3, 0.4) is 0 Å². The topological polar surface area (TPSA) is 23.0 Å². The molecule has 0 aliphatic carbocycles. The van der Waals surface area contributed by atoms with Crippen LogP contribution >= 0.6 is 0 Å². The standard InChI is InChI=1S/C48H26F4N2O/c49-44-43-35-25-29(19-22-39(35)54(30-12-5-2-6-13-30)48(43)47(52)46(51)45(44)50)28-18-21-38-34(24-28)33-14-7-8-16-37(33)53(38)31-20-23-40-36(26-31)42-32(15-9-17-41(42)55-40)27-10-3-1-4-11-27/h1-26H/i1D,3D,4D,10D,11D. The summed E-state index contributed by atoms with van der Waals surface area (Å²) in [6.07, 6.45) is 0. The fourth-order valence-electron chi connectivity index (χ4n) is 8.13. The Kier molecular flexibility index (Phi) is 5.66. The Bertz CT molecular complexity index is 3640. The fourth-order valence-corrected chi connectivity index (χ4v) is 8.13. The van der Waals surface area contributed by atoms with E-state index < -0.39 is 46.9 Å². The number of hydrogen-bond donors (Lipinski definition) is 0. The molecule has 3 heterocycles. The molecule has 55 heavy (non-hydrogen) atoms. The third-order valence-corrected chi connectivity index (χ3v) is 10.5. The van der Waals surface area contributed by atoms with E-state index in [0.717, 1.165) is 33.1 Å². The number of nitrogens with zero attached hydrogens (tertiary/aromatic N) is 2. The van der Waals surface area contributed by atoms with Crippen LogP contribution in [0.1, 0.15) is 6.85 Å². The lowest BCUT2D eigenvalue weighted by molar-refractivity contribution is 0.417. The quantitative estimate of drug-likeness (QED) is 0.101. The number of rotatable bonds is 4. The maximum absolute atomic E-state index is 15.7. The minimum Gasteiger partial charge on any atom is -0.456 e. The first-order valence-corrected chi connectivity index (χ1v) is 17.5. The van der Waals surface area contributed by atoms with E-state index >= 15 is 8.78 Å². The molecule has 0 N–H and O–H groups in total. The molecule has 0 unspecified atom stereocenters. The average Bonchev–Trinajstić information content (AvgIpc) is 3.94. The Morgan fingerprint density at radius 3 is 1.93 bits per heavy atom. The lowest BCUT2D eigenvalue weighted by Crippen LogP contribution is -2.01. The second-order valence-corrected chi connectivity index (χ2v) is 13.4. The van der Waals surface area contributed by atoms with Gasteiger partial charge in [0.1, 0.15) is 11.2 Å². The summed E-state index contributed by atoms with van der Waals surface area (Å²) in [6, 6.07) is 36.6. The number of halogens is 4. The second-order valence-electron chi connectivity index (χ2n) is 13.4. The third kappa shape index (κ3) is 4.50. The van der Waals surface area contributed by atoms with Gasteiger partial charge >= 0.3 is 0 Å². The van der Waals surface area contributed by atoms with E-state index in [4.69, 9.17) is 11.3 Å². The van der Waals surface area contributed by atoms with Gasteiger partial charge in [-0.25, -0.2) is 17.6 Å². The first-order chi connectivity index (χ1) is 29.0. The second kappa shape index (κ2) is 11.7. The molecule has 0 bridgehead atoms. The van der Waals surface area contributed by atoms with E-state index in [-0.39, 0.29) is 28.4 Å². The van der Waals surface area contributed by atoms with Gasteiger partial charge in [-0.2, -0.15) is 0 Å². The van der Waals surface area contributed by atoms with E-state index in [1.54, 1.807) is 60.7 Å². The predicted molar refractivity (Wildman–Crippen MR) is 213 cm³/mol. The van der Waals surface area contributed by atoms with Gasteiger partial charge in [-0.1, -0.05) is 90.9 Å². The number of benzene rings is 8. The number of aromatic nitrogens is 2. The third-order valence-electron chi connectivity index (χ3n) is 10.5. The van der Waals surface area contributed by atoms with Crippen LogP contribution in [0.15, 0.2) is 162 Å². The molecule has 7 heteroatoms. The van der Waals surface area contributed by atoms with Gasteiger partial charge in [0.15, 0.2) is 23.3 Å². The van der Waals surface area contributed by atoms with Crippen molar-refractivity contribution in [1.29, 1.82) is 0 Å². The Labute approximate surface area is 317 Å². The van der Waals surface area contributed by atoms with E-state index in [0.29, 0.717) is 44.3 Å². The van der Waals surface area contributed by atoms with Crippen LogP contribution in [0, 0.1) is 23.3 Å². The van der Waals surface area contributed by atoms with Crippen molar-refractivity contribution in [2.75, 3.05) is 0 Å². The first kappa shape index (κ1) is 26.6. The minimum absolute atomic E-state index is 0.0806. The number of para-hydroxylation sites is 2. The van der Waals surface area contributed by atoms with Gasteiger partial charge < -0.3 is 13.6 Å². The van der Waals surface area contributed by atoms with Gasteiger partial charge in [-0.3, -0.25) is 0 Å². The van der Waals surface area contributed by atoms with Crippen molar-refractivity contribution in [3.8, 4) is 33.6 Å². The summed E-state index contributed by atoms with van der Waals surface area (Å²) < 4.78 is 113. The molecule has 0 aliphatic rings. The number of fused-ring (bicyclic) bond motifs is 9. The summed E-state index contributed by atoms with van der Waals surface area (Å²) >= 11 is 0. The van der Waals surface area contributed by atoms with Gasteiger partial charge in [0.25, 0.3) is 0 Å². The highest BCUT2D eigenvalue weighted by molar-refractivity contribution is 6.15. The largest absolute Gasteiger partial charge is 0.456 e. The van der Waals surface area contributed by atoms with Crippen molar-refractivity contribution >= 4 is 65.6 Å². The zero-order valence-corrected chi connectivity index (χ0v) is 28.4. The molecule has 11 aromatic rings. The van der Waals surface area contributed by atoms with Crippen LogP contribution in [0.25, 0.3) is 99.2 Å². The Morgan fingerprint density at radius 2 is 1.13 bits per heavy atom. The minimum atomic E-state index is -1.88. The highest BCUT2D eigenvalue weighted by atomic mass is 19.2. The van der Waals surface area contributed by atoms with Crippen molar-refractivity contribution in [3.63, 3.8) is 0 Å². The maximum Gasteiger partial charge on any atom is 0.199 e. The summed E-state index contributed by atoms with van der Waals surface area (Å²) in [7, 11) is 0. The van der Waals surface area contributed by atoms with Crippen LogP contribution < -0.4 is 0 Å². The average molecular weight is 728 g/mol. The van der Waals surface area contributed by atoms with E-state index in [2.05, 4.69) is 4.57 Å². The molecule has 0 amide bonds. The SMILES string of the molecule is [2H]c1c([2H])c([2H])c(-c2cccc3oc4ccc(-n5c6ccccc6c6cc(-c7ccc8c(c7)c7c(F)c(F)c(F)c(F)c7n8-c7ccccc7)ccc65)cc4c23)c([2H])c1[2H]. The summed E-state index contributed by atoms with van der Waals surface area (Å²) in [4.78, 5) is 0. The zero-order chi connectivity index (χ0) is 41.3. The monoisotopic (exact) mass is 727 g/mol. The summed E-state index contributed by atoms with van der Waals surface area (Å²) in [6.45, 7) is 0. The molecule has 0 saturated carbocycles. The van der Waals surface area contributed by atoms with Gasteiger partial charge in [0.2, 0.25) is 0 Å². The van der Waals surface area contributed by atoms with E-state index in [1.165, 1.54) is 4.57 Å². The molecule has 3 nitrogen and oxygen atoms in total. The van der Waals surface area contributed by atoms with Crippen molar-refractivity contribution in [3.05, 3.63) is 181 Å². The number of furan rings is 1. The molecule has 0 spiro atoms. The smallest absolute Gasteiger partial charge is 0.199 e. The lowest BCUT2D eigenvalue weighted by atomic mass is 9.99. The van der Waals surface area contributed by atoms with Crippen LogP contribution in [0.5, 0.6) is 0 Å². The predicted octanol–water partition coefficient (Wildman–Crippen LogP) is 13.7. The van der Waals surface area contributed by atoms with Gasteiger partial charge in [-0.15, -0.1) is 0 Å². The molecule has 0 saturated heterocycles. The maximum atomic E-state index is 15.7. The molecular weight excluding hydrogens is 697 g/mol. The molecule has 3 aromatic heterocycles. The van der Waals surface area contributed by atoms with Crippen molar-refractivity contribution in [2.45, 2.75) is 0 Å². The first-order valence-electron chi connectivity index (χ1n) is 20.0. The van der Waals surface area contributed by atoms with E-state index in [1.807, 2.05) is 66.7 Å². The van der Waals surface area contributed by atoms with Crippen molar-refractivity contribution in [2.24, 2.45) is 0 Å². The highest BCUT2D eigenvalue weighted by Gasteiger charge is 2.27. The molecule has 262 valence electrons. The molecule has 0 radical (unpaired) electrons. The van der Waals surface area contributed by atoms with E-state index in [9.17, 15) is 8.78 Å². The van der Waals surface area contributed by atoms with Crippen LogP contribution in [-0.4, -0.2) is 9.13 Å². The van der Waals surface area contributed by atoms with Crippen molar-refractivity contribution < 1.29 is 28.8 Å².